The molecule has 5 amide bonds. The van der Waals surface area contributed by atoms with E-state index in [1.165, 1.54) is 4.90 Å². The highest BCUT2D eigenvalue weighted by Gasteiger charge is 2.42. The number of ketones is 1. The monoisotopic (exact) mass is 887 g/mol. The molecule has 18 heteroatoms. The molecule has 3 aliphatic heterocycles. The number of benzene rings is 2. The fourth-order valence-electron chi connectivity index (χ4n) is 9.50. The normalized spacial score (nSPS) is 18.6. The fourth-order valence-corrected chi connectivity index (χ4v) is 9.50. The van der Waals surface area contributed by atoms with Gasteiger partial charge in [0, 0.05) is 92.4 Å². The summed E-state index contributed by atoms with van der Waals surface area (Å²) in [6.45, 7) is 4.15. The minimum atomic E-state index is -0.726. The van der Waals surface area contributed by atoms with Crippen LogP contribution in [-0.2, 0) is 45.1 Å². The van der Waals surface area contributed by atoms with Crippen molar-refractivity contribution < 1.29 is 33.5 Å². The van der Waals surface area contributed by atoms with Gasteiger partial charge < -0.3 is 29.7 Å². The van der Waals surface area contributed by atoms with Gasteiger partial charge >= 0.3 is 0 Å². The molecule has 1 saturated heterocycles. The molecule has 0 bridgehead atoms. The number of hydrogen-bond donors (Lipinski definition) is 2. The zero-order chi connectivity index (χ0) is 45.8. The van der Waals surface area contributed by atoms with E-state index >= 15 is 0 Å². The number of nitrogens with zero attached hydrogens (tertiary/aromatic N) is 9. The Labute approximate surface area is 378 Å². The van der Waals surface area contributed by atoms with Crippen LogP contribution in [0.5, 0.6) is 5.75 Å². The Balaban J connectivity index is 0.783. The molecular weight excluding hydrogens is 831 g/mol. The van der Waals surface area contributed by atoms with Crippen LogP contribution in [0.15, 0.2) is 48.8 Å². The SMILES string of the molecule is CC[C@@H]1C(=O)N(C)c2cnc(Cc3ccc(C(=O)CCc4cn(CCN(C)CCCC(=O)Nc5cccc6c5CN(C5CCC(=O)NC5=O)C6=O)nn4)cc3OC)nc2N1C1CCCC1. The quantitative estimate of drug-likeness (QED) is 0.107. The first kappa shape index (κ1) is 45.0. The second-order valence-electron chi connectivity index (χ2n) is 17.4. The predicted octanol–water partition coefficient (Wildman–Crippen LogP) is 4.10. The van der Waals surface area contributed by atoms with Crippen LogP contribution in [0.4, 0.5) is 17.2 Å². The first-order chi connectivity index (χ1) is 31.4. The van der Waals surface area contributed by atoms with Crippen LogP contribution in [0.1, 0.15) is 114 Å². The van der Waals surface area contributed by atoms with Crippen molar-refractivity contribution in [1.29, 1.82) is 0 Å². The summed E-state index contributed by atoms with van der Waals surface area (Å²) >= 11 is 0. The van der Waals surface area contributed by atoms with Gasteiger partial charge in [0.25, 0.3) is 5.91 Å². The molecule has 65 heavy (non-hydrogen) atoms. The third kappa shape index (κ3) is 9.77. The third-order valence-electron chi connectivity index (χ3n) is 13.1. The number of piperidine rings is 1. The van der Waals surface area contributed by atoms with E-state index in [4.69, 9.17) is 9.72 Å². The van der Waals surface area contributed by atoms with E-state index in [0.29, 0.717) is 85.0 Å². The van der Waals surface area contributed by atoms with Crippen molar-refractivity contribution in [2.75, 3.05) is 49.4 Å². The number of fused-ring (bicyclic) bond motifs is 2. The molecule has 4 aliphatic rings. The lowest BCUT2D eigenvalue weighted by Crippen LogP contribution is -2.55. The van der Waals surface area contributed by atoms with E-state index in [9.17, 15) is 28.8 Å². The van der Waals surface area contributed by atoms with Crippen molar-refractivity contribution >= 4 is 52.5 Å². The number of carbonyl (C=O) groups excluding carboxylic acids is 6. The second kappa shape index (κ2) is 19.7. The standard InChI is InChI=1S/C47H57N11O7/c1-5-36-47(64)55(3)38-26-48-41(50-44(38)58(36)32-10-6-7-11-32)25-30-16-15-29(24-40(30)65-4)39(59)19-17-31-27-56(53-52-31)23-22-54(2)21-9-14-42(60)49-35-13-8-12-33-34(35)28-57(46(33)63)37-18-20-43(61)51-45(37)62/h8,12-13,15-16,24,26-27,32,36-37H,5-7,9-11,14,17-23,25,28H2,1-4H3,(H,49,60)(H,51,61,62)/t36-,37?/m1/s1. The van der Waals surface area contributed by atoms with Crippen LogP contribution >= 0.6 is 0 Å². The Morgan fingerprint density at radius 1 is 1.03 bits per heavy atom. The topological polar surface area (TPSA) is 205 Å². The average molecular weight is 888 g/mol. The third-order valence-corrected chi connectivity index (χ3v) is 13.1. The van der Waals surface area contributed by atoms with Crippen LogP contribution < -0.4 is 25.2 Å². The lowest BCUT2D eigenvalue weighted by Gasteiger charge is -2.43. The first-order valence-corrected chi connectivity index (χ1v) is 22.7. The molecule has 4 aromatic rings. The average Bonchev–Trinajstić information content (AvgIpc) is 4.08. The number of hydrogen-bond acceptors (Lipinski definition) is 13. The molecule has 0 radical (unpaired) electrons. The highest BCUT2D eigenvalue weighted by Crippen LogP contribution is 2.40. The molecule has 2 atom stereocenters. The van der Waals surface area contributed by atoms with Crippen molar-refractivity contribution in [3.05, 3.63) is 82.6 Å². The van der Waals surface area contributed by atoms with Gasteiger partial charge in [-0.25, -0.2) is 9.97 Å². The van der Waals surface area contributed by atoms with Crippen LogP contribution in [-0.4, -0.2) is 123 Å². The van der Waals surface area contributed by atoms with Gasteiger partial charge in [-0.15, -0.1) is 5.10 Å². The maximum atomic E-state index is 13.4. The zero-order valence-electron chi connectivity index (χ0n) is 37.5. The van der Waals surface area contributed by atoms with Crippen LogP contribution in [0, 0.1) is 0 Å². The molecule has 18 nitrogen and oxygen atoms in total. The van der Waals surface area contributed by atoms with E-state index in [2.05, 4.69) is 35.7 Å². The van der Waals surface area contributed by atoms with E-state index in [0.717, 1.165) is 42.8 Å². The Kier molecular flexibility index (Phi) is 13.6. The minimum absolute atomic E-state index is 0.0388. The first-order valence-electron chi connectivity index (χ1n) is 22.7. The summed E-state index contributed by atoms with van der Waals surface area (Å²) < 4.78 is 7.51. The number of nitrogens with one attached hydrogen (secondary N) is 2. The highest BCUT2D eigenvalue weighted by atomic mass is 16.5. The zero-order valence-corrected chi connectivity index (χ0v) is 37.5. The fraction of sp³-hybridized carbons (Fsp3) is 0.489. The van der Waals surface area contributed by atoms with Crippen molar-refractivity contribution in [2.24, 2.45) is 0 Å². The van der Waals surface area contributed by atoms with Gasteiger partial charge in [0.15, 0.2) is 11.6 Å². The summed E-state index contributed by atoms with van der Waals surface area (Å²) in [4.78, 5) is 94.1. The molecule has 5 heterocycles. The molecule has 0 spiro atoms. The van der Waals surface area contributed by atoms with Crippen LogP contribution in [0.2, 0.25) is 0 Å². The van der Waals surface area contributed by atoms with E-state index < -0.39 is 11.9 Å². The summed E-state index contributed by atoms with van der Waals surface area (Å²) in [6.07, 6.45) is 11.1. The Hall–Kier alpha value is -6.56. The number of carbonyl (C=O) groups is 6. The molecule has 1 aliphatic carbocycles. The summed E-state index contributed by atoms with van der Waals surface area (Å²) in [5, 5.41) is 13.8. The number of rotatable bonds is 18. The molecule has 1 saturated carbocycles. The number of aromatic nitrogens is 5. The van der Waals surface area contributed by atoms with Gasteiger partial charge in [-0.3, -0.25) is 38.8 Å². The summed E-state index contributed by atoms with van der Waals surface area (Å²) in [5.74, 6) is 0.761. The number of methoxy groups -OCH3 is 1. The number of aryl methyl sites for hydroxylation is 1. The Morgan fingerprint density at radius 2 is 1.85 bits per heavy atom. The summed E-state index contributed by atoms with van der Waals surface area (Å²) in [7, 11) is 5.36. The molecular formula is C47H57N11O7. The van der Waals surface area contributed by atoms with Crippen molar-refractivity contribution in [2.45, 2.75) is 115 Å². The highest BCUT2D eigenvalue weighted by molar-refractivity contribution is 6.07. The van der Waals surface area contributed by atoms with Crippen LogP contribution in [0.3, 0.4) is 0 Å². The molecule has 2 N–H and O–H groups in total. The summed E-state index contributed by atoms with van der Waals surface area (Å²) in [5.41, 5.74) is 4.49. The number of anilines is 3. The number of Topliss-reactive ketones (excluding diaryl/α,β-unsaturated/α-hetero) is 1. The Morgan fingerprint density at radius 3 is 2.62 bits per heavy atom. The molecule has 2 aromatic carbocycles. The molecule has 8 rings (SSSR count). The summed E-state index contributed by atoms with van der Waals surface area (Å²) in [6, 6.07) is 9.93. The van der Waals surface area contributed by atoms with Gasteiger partial charge in [-0.1, -0.05) is 43.2 Å². The van der Waals surface area contributed by atoms with Crippen molar-refractivity contribution in [3.63, 3.8) is 0 Å². The molecule has 2 aromatic heterocycles. The van der Waals surface area contributed by atoms with E-state index in [1.807, 2.05) is 32.3 Å². The molecule has 2 fully saturated rings. The maximum absolute atomic E-state index is 13.4. The minimum Gasteiger partial charge on any atom is -0.496 e. The van der Waals surface area contributed by atoms with Gasteiger partial charge in [0.2, 0.25) is 23.6 Å². The maximum Gasteiger partial charge on any atom is 0.255 e. The van der Waals surface area contributed by atoms with Gasteiger partial charge in [-0.05, 0) is 63.9 Å². The van der Waals surface area contributed by atoms with Gasteiger partial charge in [-0.2, -0.15) is 0 Å². The lowest BCUT2D eigenvalue weighted by atomic mass is 10.0. The largest absolute Gasteiger partial charge is 0.496 e. The smallest absolute Gasteiger partial charge is 0.255 e. The predicted molar refractivity (Wildman–Crippen MR) is 241 cm³/mol. The van der Waals surface area contributed by atoms with Crippen molar-refractivity contribution in [3.8, 4) is 5.75 Å². The van der Waals surface area contributed by atoms with Gasteiger partial charge in [0.1, 0.15) is 29.3 Å². The van der Waals surface area contributed by atoms with E-state index in [1.54, 1.807) is 54.2 Å². The second-order valence-corrected chi connectivity index (χ2v) is 17.4. The Bertz CT molecular complexity index is 2480. The van der Waals surface area contributed by atoms with E-state index in [-0.39, 0.29) is 73.7 Å². The van der Waals surface area contributed by atoms with Crippen LogP contribution in [0.25, 0.3) is 0 Å². The number of likely N-dealkylation sites (N-methyl/N-ethyl adjacent to an activating group) is 2. The van der Waals surface area contributed by atoms with Crippen molar-refractivity contribution in [1.82, 2.24) is 40.1 Å². The number of ether oxygens (including phenoxy) is 1. The molecule has 1 unspecified atom stereocenters. The molecule has 342 valence electrons. The lowest BCUT2D eigenvalue weighted by molar-refractivity contribution is -0.137. The number of imide groups is 1. The van der Waals surface area contributed by atoms with Gasteiger partial charge in [0.05, 0.1) is 25.5 Å². The number of amides is 5.